The van der Waals surface area contributed by atoms with Crippen LogP contribution in [0.5, 0.6) is 0 Å². The van der Waals surface area contributed by atoms with E-state index in [0.717, 1.165) is 19.3 Å². The summed E-state index contributed by atoms with van der Waals surface area (Å²) < 4.78 is 0. The van der Waals surface area contributed by atoms with Crippen LogP contribution in [0.2, 0.25) is 0 Å². The molecule has 0 heterocycles. The van der Waals surface area contributed by atoms with Crippen molar-refractivity contribution in [2.45, 2.75) is 70.9 Å². The number of hydrogen-bond acceptors (Lipinski definition) is 3. The fourth-order valence-corrected chi connectivity index (χ4v) is 2.46. The van der Waals surface area contributed by atoms with Gasteiger partial charge in [-0.2, -0.15) is 0 Å². The summed E-state index contributed by atoms with van der Waals surface area (Å²) in [5.41, 5.74) is 5.04. The summed E-state index contributed by atoms with van der Waals surface area (Å²) in [5.74, 6) is -1.11. The Kier molecular flexibility index (Phi) is 4.96. The second kappa shape index (κ2) is 5.90. The van der Waals surface area contributed by atoms with E-state index in [1.165, 1.54) is 0 Å². The molecule has 4 N–H and O–H groups in total. The summed E-state index contributed by atoms with van der Waals surface area (Å²) in [4.78, 5) is 23.2. The lowest BCUT2D eigenvalue weighted by atomic mass is 9.80. The molecule has 1 rings (SSSR count). The first kappa shape index (κ1) is 16.0. The van der Waals surface area contributed by atoms with Gasteiger partial charge in [0, 0.05) is 6.04 Å². The number of carbonyl (C=O) groups is 2. The van der Waals surface area contributed by atoms with Crippen LogP contribution in [-0.2, 0) is 9.59 Å². The van der Waals surface area contributed by atoms with Crippen molar-refractivity contribution in [1.29, 1.82) is 0 Å². The molecule has 1 aliphatic rings. The van der Waals surface area contributed by atoms with E-state index in [4.69, 9.17) is 10.8 Å². The van der Waals surface area contributed by atoms with Gasteiger partial charge in [-0.25, -0.2) is 0 Å². The van der Waals surface area contributed by atoms with Gasteiger partial charge in [-0.05, 0) is 18.3 Å². The molecule has 0 aliphatic heterocycles. The Balaban J connectivity index is 2.72. The molecule has 1 unspecified atom stereocenters. The number of carboxylic acids is 1. The zero-order valence-corrected chi connectivity index (χ0v) is 12.2. The predicted octanol–water partition coefficient (Wildman–Crippen LogP) is 1.65. The van der Waals surface area contributed by atoms with Crippen molar-refractivity contribution in [3.05, 3.63) is 0 Å². The Morgan fingerprint density at radius 3 is 2.21 bits per heavy atom. The Hall–Kier alpha value is -1.10. The first-order valence-corrected chi connectivity index (χ1v) is 6.97. The lowest BCUT2D eigenvalue weighted by Crippen LogP contribution is -2.59. The number of amides is 1. The van der Waals surface area contributed by atoms with E-state index in [2.05, 4.69) is 5.32 Å². The highest BCUT2D eigenvalue weighted by molar-refractivity contribution is 5.86. The van der Waals surface area contributed by atoms with Gasteiger partial charge in [-0.3, -0.25) is 9.59 Å². The van der Waals surface area contributed by atoms with Crippen LogP contribution in [0, 0.1) is 5.41 Å². The highest BCUT2D eigenvalue weighted by Crippen LogP contribution is 2.28. The largest absolute Gasteiger partial charge is 0.481 e. The number of carbonyl (C=O) groups excluding carboxylic acids is 1. The number of rotatable bonds is 4. The second-order valence-corrected chi connectivity index (χ2v) is 6.71. The minimum Gasteiger partial charge on any atom is -0.481 e. The topological polar surface area (TPSA) is 92.4 Å². The Labute approximate surface area is 114 Å². The van der Waals surface area contributed by atoms with Crippen molar-refractivity contribution in [3.63, 3.8) is 0 Å². The summed E-state index contributed by atoms with van der Waals surface area (Å²) in [5, 5.41) is 11.8. The fraction of sp³-hybridized carbons (Fsp3) is 0.857. The van der Waals surface area contributed by atoms with E-state index >= 15 is 0 Å². The average Bonchev–Trinajstić information content (AvgIpc) is 2.27. The molecule has 1 atom stereocenters. The number of hydrogen-bond donors (Lipinski definition) is 3. The molecule has 19 heavy (non-hydrogen) atoms. The zero-order valence-electron chi connectivity index (χ0n) is 12.2. The molecule has 1 amide bonds. The van der Waals surface area contributed by atoms with Gasteiger partial charge in [-0.15, -0.1) is 0 Å². The van der Waals surface area contributed by atoms with Crippen molar-refractivity contribution >= 4 is 11.9 Å². The lowest BCUT2D eigenvalue weighted by molar-refractivity contribution is -0.139. The molecule has 5 heteroatoms. The van der Waals surface area contributed by atoms with Crippen molar-refractivity contribution < 1.29 is 14.7 Å². The smallest absolute Gasteiger partial charge is 0.305 e. The summed E-state index contributed by atoms with van der Waals surface area (Å²) in [6.07, 6.45) is 4.33. The molecule has 1 aliphatic carbocycles. The molecule has 0 spiro atoms. The Morgan fingerprint density at radius 1 is 1.26 bits per heavy atom. The summed E-state index contributed by atoms with van der Waals surface area (Å²) >= 11 is 0. The van der Waals surface area contributed by atoms with Crippen molar-refractivity contribution in [2.75, 3.05) is 0 Å². The molecule has 5 nitrogen and oxygen atoms in total. The summed E-state index contributed by atoms with van der Waals surface area (Å²) in [6, 6.07) is -0.403. The van der Waals surface area contributed by atoms with Crippen LogP contribution in [0.1, 0.15) is 59.3 Å². The molecular formula is C14H26N2O3. The summed E-state index contributed by atoms with van der Waals surface area (Å²) in [7, 11) is 0. The van der Waals surface area contributed by atoms with Crippen LogP contribution in [0.15, 0.2) is 0 Å². The van der Waals surface area contributed by atoms with Gasteiger partial charge >= 0.3 is 5.97 Å². The average molecular weight is 270 g/mol. The monoisotopic (exact) mass is 270 g/mol. The van der Waals surface area contributed by atoms with Gasteiger partial charge in [0.2, 0.25) is 5.91 Å². The molecule has 1 fully saturated rings. The van der Waals surface area contributed by atoms with Crippen LogP contribution >= 0.6 is 0 Å². The third-order valence-corrected chi connectivity index (χ3v) is 3.93. The minimum atomic E-state index is -0.907. The van der Waals surface area contributed by atoms with E-state index in [1.54, 1.807) is 0 Å². The maximum atomic E-state index is 12.3. The van der Waals surface area contributed by atoms with E-state index in [0.29, 0.717) is 12.8 Å². The van der Waals surface area contributed by atoms with Crippen LogP contribution < -0.4 is 11.1 Å². The number of nitrogens with one attached hydrogen (secondary N) is 1. The molecular weight excluding hydrogens is 244 g/mol. The van der Waals surface area contributed by atoms with Gasteiger partial charge in [0.1, 0.15) is 0 Å². The van der Waals surface area contributed by atoms with Crippen molar-refractivity contribution in [3.8, 4) is 0 Å². The van der Waals surface area contributed by atoms with Crippen LogP contribution in [-0.4, -0.2) is 28.6 Å². The molecule has 0 aromatic carbocycles. The molecule has 110 valence electrons. The van der Waals surface area contributed by atoms with Crippen molar-refractivity contribution in [1.82, 2.24) is 5.32 Å². The third-order valence-electron chi connectivity index (χ3n) is 3.93. The maximum absolute atomic E-state index is 12.3. The first-order valence-electron chi connectivity index (χ1n) is 6.97. The van der Waals surface area contributed by atoms with Gasteiger partial charge in [0.15, 0.2) is 0 Å². The van der Waals surface area contributed by atoms with Crippen LogP contribution in [0.3, 0.4) is 0 Å². The number of carboxylic acid groups (broad SMARTS) is 1. The normalized spacial score (nSPS) is 20.6. The summed E-state index contributed by atoms with van der Waals surface area (Å²) in [6.45, 7) is 5.76. The quantitative estimate of drug-likeness (QED) is 0.724. The SMILES string of the molecule is CC(C)(C)C(CC(=O)O)NC(=O)C1(N)CCCCC1. The Morgan fingerprint density at radius 2 is 1.79 bits per heavy atom. The van der Waals surface area contributed by atoms with Gasteiger partial charge < -0.3 is 16.2 Å². The van der Waals surface area contributed by atoms with E-state index in [-0.39, 0.29) is 17.7 Å². The standard InChI is InChI=1S/C14H26N2O3/c1-13(2,3)10(9-11(17)18)16-12(19)14(15)7-5-4-6-8-14/h10H,4-9,15H2,1-3H3,(H,16,19)(H,17,18). The molecule has 0 radical (unpaired) electrons. The van der Waals surface area contributed by atoms with E-state index in [9.17, 15) is 9.59 Å². The number of aliphatic carboxylic acids is 1. The van der Waals surface area contributed by atoms with E-state index in [1.807, 2.05) is 20.8 Å². The Bertz CT molecular complexity index is 341. The molecule has 1 saturated carbocycles. The minimum absolute atomic E-state index is 0.0781. The molecule has 0 aromatic heterocycles. The molecule has 0 bridgehead atoms. The van der Waals surface area contributed by atoms with Crippen LogP contribution in [0.25, 0.3) is 0 Å². The second-order valence-electron chi connectivity index (χ2n) is 6.71. The third kappa shape index (κ3) is 4.49. The van der Waals surface area contributed by atoms with Gasteiger partial charge in [0.05, 0.1) is 12.0 Å². The molecule has 0 aromatic rings. The van der Waals surface area contributed by atoms with Crippen LogP contribution in [0.4, 0.5) is 0 Å². The maximum Gasteiger partial charge on any atom is 0.305 e. The molecule has 0 saturated heterocycles. The fourth-order valence-electron chi connectivity index (χ4n) is 2.46. The lowest BCUT2D eigenvalue weighted by Gasteiger charge is -2.37. The van der Waals surface area contributed by atoms with Crippen molar-refractivity contribution in [2.24, 2.45) is 11.1 Å². The highest BCUT2D eigenvalue weighted by Gasteiger charge is 2.38. The van der Waals surface area contributed by atoms with Gasteiger partial charge in [-0.1, -0.05) is 40.0 Å². The highest BCUT2D eigenvalue weighted by atomic mass is 16.4. The first-order chi connectivity index (χ1) is 8.65. The number of nitrogens with two attached hydrogens (primary N) is 1. The van der Waals surface area contributed by atoms with E-state index < -0.39 is 17.6 Å². The zero-order chi connectivity index (χ0) is 14.7. The van der Waals surface area contributed by atoms with Gasteiger partial charge in [0.25, 0.3) is 0 Å². The predicted molar refractivity (Wildman–Crippen MR) is 73.6 cm³/mol.